The van der Waals surface area contributed by atoms with Crippen molar-refractivity contribution in [3.63, 3.8) is 0 Å². The average Bonchev–Trinajstić information content (AvgIpc) is 3.90. The van der Waals surface area contributed by atoms with Gasteiger partial charge in [0.05, 0.1) is 16.8 Å². The third-order valence-electron chi connectivity index (χ3n) is 14.4. The van der Waals surface area contributed by atoms with Crippen LogP contribution in [0.25, 0.3) is 61.4 Å². The Kier molecular flexibility index (Phi) is 10.7. The maximum atomic E-state index is 5.70. The number of hydrogen-bond acceptors (Lipinski definition) is 2. The van der Waals surface area contributed by atoms with Gasteiger partial charge >= 0.3 is 0 Å². The van der Waals surface area contributed by atoms with Crippen molar-refractivity contribution in [3.05, 3.63) is 305 Å². The maximum absolute atomic E-state index is 5.70. The van der Waals surface area contributed by atoms with E-state index in [-0.39, 0.29) is 5.92 Å². The van der Waals surface area contributed by atoms with Crippen LogP contribution in [-0.2, 0) is 5.41 Å². The Morgan fingerprint density at radius 3 is 1.70 bits per heavy atom. The zero-order valence-electron chi connectivity index (χ0n) is 38.7. The number of hydrogen-bond donors (Lipinski definition) is 0. The van der Waals surface area contributed by atoms with E-state index in [0.717, 1.165) is 52.3 Å². The zero-order valence-corrected chi connectivity index (χ0v) is 38.7. The fourth-order valence-corrected chi connectivity index (χ4v) is 11.3. The highest BCUT2D eigenvalue weighted by atomic mass is 14.9. The molecular formula is C67H50N2. The van der Waals surface area contributed by atoms with E-state index in [4.69, 9.17) is 16.5 Å². The molecule has 0 amide bonds. The molecule has 2 heteroatoms. The number of benzene rings is 8. The maximum Gasteiger partial charge on any atom is 0.136 e. The molecule has 1 atom stereocenters. The summed E-state index contributed by atoms with van der Waals surface area (Å²) in [6.07, 6.45) is 10.9. The lowest BCUT2D eigenvalue weighted by molar-refractivity contribution is 0.782. The predicted molar refractivity (Wildman–Crippen MR) is 288 cm³/mol. The third kappa shape index (κ3) is 7.28. The molecule has 0 radical (unpaired) electrons. The lowest BCUT2D eigenvalue weighted by Crippen LogP contribution is -2.25. The van der Waals surface area contributed by atoms with Crippen LogP contribution in [0.1, 0.15) is 81.7 Å². The molecule has 1 aromatic heterocycles. The molecule has 0 fully saturated rings. The SMILES string of the molecule is C=C(/C=C(\C=C(/CC)c1ccccc1)c1ccccc1)c1cc(-c2cccc3c2-c2ccccc2C32c3ccccc3-c3ccccc32)nc(C2C=C(c3ccccc3)C=C(c3ccccc3)C2)n1. The molecule has 2 nitrogen and oxygen atoms in total. The van der Waals surface area contributed by atoms with E-state index in [1.807, 2.05) is 0 Å². The van der Waals surface area contributed by atoms with E-state index in [2.05, 4.69) is 250 Å². The molecule has 328 valence electrons. The minimum Gasteiger partial charge on any atom is -0.232 e. The second-order valence-electron chi connectivity index (χ2n) is 18.3. The molecule has 1 heterocycles. The average molecular weight is 883 g/mol. The summed E-state index contributed by atoms with van der Waals surface area (Å²) in [6.45, 7) is 7.06. The van der Waals surface area contributed by atoms with Gasteiger partial charge in [0.15, 0.2) is 0 Å². The highest BCUT2D eigenvalue weighted by Gasteiger charge is 2.52. The predicted octanol–water partition coefficient (Wildman–Crippen LogP) is 16.7. The Morgan fingerprint density at radius 2 is 1.06 bits per heavy atom. The molecule has 0 aliphatic heterocycles. The Labute approximate surface area is 405 Å². The normalized spacial score (nSPS) is 15.4. The van der Waals surface area contributed by atoms with Gasteiger partial charge in [-0.25, -0.2) is 9.97 Å². The first-order valence-corrected chi connectivity index (χ1v) is 24.2. The van der Waals surface area contributed by atoms with Crippen molar-refractivity contribution in [3.8, 4) is 33.5 Å². The summed E-state index contributed by atoms with van der Waals surface area (Å²) in [6, 6.07) is 78.8. The van der Waals surface area contributed by atoms with Crippen LogP contribution in [0.15, 0.2) is 249 Å². The molecule has 0 saturated heterocycles. The summed E-state index contributed by atoms with van der Waals surface area (Å²) >= 11 is 0. The van der Waals surface area contributed by atoms with Gasteiger partial charge in [0.2, 0.25) is 0 Å². The van der Waals surface area contributed by atoms with Gasteiger partial charge in [-0.15, -0.1) is 0 Å². The summed E-state index contributed by atoms with van der Waals surface area (Å²) in [4.78, 5) is 11.3. The van der Waals surface area contributed by atoms with E-state index < -0.39 is 5.41 Å². The lowest BCUT2D eigenvalue weighted by Gasteiger charge is -2.30. The molecular weight excluding hydrogens is 833 g/mol. The van der Waals surface area contributed by atoms with Crippen LogP contribution in [0.5, 0.6) is 0 Å². The number of rotatable bonds is 10. The van der Waals surface area contributed by atoms with E-state index in [1.165, 1.54) is 77.9 Å². The Bertz CT molecular complexity index is 3510. The van der Waals surface area contributed by atoms with Crippen molar-refractivity contribution in [2.45, 2.75) is 31.1 Å². The summed E-state index contributed by atoms with van der Waals surface area (Å²) in [7, 11) is 0. The van der Waals surface area contributed by atoms with Gasteiger partial charge in [-0.1, -0.05) is 244 Å². The Balaban J connectivity index is 1.08. The van der Waals surface area contributed by atoms with Crippen molar-refractivity contribution in [1.82, 2.24) is 9.97 Å². The molecule has 12 rings (SSSR count). The minimum atomic E-state index is -0.473. The fourth-order valence-electron chi connectivity index (χ4n) is 11.3. The van der Waals surface area contributed by atoms with Gasteiger partial charge in [-0.05, 0) is 120 Å². The first kappa shape index (κ1) is 41.9. The van der Waals surface area contributed by atoms with Gasteiger partial charge in [-0.3, -0.25) is 0 Å². The smallest absolute Gasteiger partial charge is 0.136 e. The quantitative estimate of drug-likeness (QED) is 0.128. The Hall–Kier alpha value is -8.46. The lowest BCUT2D eigenvalue weighted by atomic mass is 9.70. The molecule has 3 aliphatic carbocycles. The molecule has 0 saturated carbocycles. The van der Waals surface area contributed by atoms with Crippen LogP contribution in [0, 0.1) is 0 Å². The molecule has 1 spiro atoms. The van der Waals surface area contributed by atoms with Crippen LogP contribution in [0.4, 0.5) is 0 Å². The van der Waals surface area contributed by atoms with Gasteiger partial charge in [0.25, 0.3) is 0 Å². The van der Waals surface area contributed by atoms with Crippen molar-refractivity contribution in [2.75, 3.05) is 0 Å². The van der Waals surface area contributed by atoms with Crippen LogP contribution in [0.2, 0.25) is 0 Å². The molecule has 0 N–H and O–H groups in total. The number of nitrogens with zero attached hydrogens (tertiary/aromatic N) is 2. The number of allylic oxidation sites excluding steroid dienone is 9. The monoisotopic (exact) mass is 882 g/mol. The second kappa shape index (κ2) is 17.6. The largest absolute Gasteiger partial charge is 0.232 e. The minimum absolute atomic E-state index is 0.113. The zero-order chi connectivity index (χ0) is 46.3. The van der Waals surface area contributed by atoms with Gasteiger partial charge in [0, 0.05) is 11.5 Å². The topological polar surface area (TPSA) is 25.8 Å². The van der Waals surface area contributed by atoms with E-state index in [0.29, 0.717) is 0 Å². The molecule has 0 bridgehead atoms. The van der Waals surface area contributed by atoms with Crippen molar-refractivity contribution in [1.29, 1.82) is 0 Å². The van der Waals surface area contributed by atoms with E-state index in [1.54, 1.807) is 0 Å². The highest BCUT2D eigenvalue weighted by molar-refractivity contribution is 6.00. The van der Waals surface area contributed by atoms with Crippen LogP contribution >= 0.6 is 0 Å². The molecule has 8 aromatic carbocycles. The van der Waals surface area contributed by atoms with Crippen LogP contribution in [0.3, 0.4) is 0 Å². The van der Waals surface area contributed by atoms with Crippen molar-refractivity contribution < 1.29 is 0 Å². The number of aromatic nitrogens is 2. The Morgan fingerprint density at radius 1 is 0.536 bits per heavy atom. The molecule has 3 aliphatic rings. The number of fused-ring (bicyclic) bond motifs is 10. The molecule has 69 heavy (non-hydrogen) atoms. The summed E-state index contributed by atoms with van der Waals surface area (Å²) in [5, 5.41) is 0. The highest BCUT2D eigenvalue weighted by Crippen LogP contribution is 2.64. The van der Waals surface area contributed by atoms with Crippen molar-refractivity contribution in [2.24, 2.45) is 0 Å². The standard InChI is InChI=1S/C67H50N2/c1-3-46(47-23-8-4-9-24-47)40-51(48-25-10-5-11-26-48)39-45(2)63-44-64(69-66(68-63)54-42-52(49-27-12-6-13-28-49)41-53(43-54)50-29-14-7-15-30-50)58-34-22-38-62-65(58)57-33-18-21-37-61(57)67(62)59-35-19-16-31-55(59)56-32-17-20-36-60(56)67/h4-42,44,54H,2-3,43H2,1H3/b46-40+,51-39+. The van der Waals surface area contributed by atoms with Gasteiger partial charge < -0.3 is 0 Å². The van der Waals surface area contributed by atoms with Crippen molar-refractivity contribution >= 4 is 27.9 Å². The fraction of sp³-hybridized carbons (Fsp3) is 0.0746. The summed E-state index contributed by atoms with van der Waals surface area (Å²) in [5.41, 5.74) is 22.8. The second-order valence-corrected chi connectivity index (χ2v) is 18.3. The third-order valence-corrected chi connectivity index (χ3v) is 14.4. The molecule has 9 aromatic rings. The first-order chi connectivity index (χ1) is 34.1. The van der Waals surface area contributed by atoms with E-state index in [9.17, 15) is 0 Å². The van der Waals surface area contributed by atoms with Crippen LogP contribution < -0.4 is 0 Å². The van der Waals surface area contributed by atoms with Gasteiger partial charge in [0.1, 0.15) is 5.82 Å². The molecule has 1 unspecified atom stereocenters. The van der Waals surface area contributed by atoms with E-state index >= 15 is 0 Å². The van der Waals surface area contributed by atoms with Gasteiger partial charge in [-0.2, -0.15) is 0 Å². The van der Waals surface area contributed by atoms with Crippen LogP contribution in [-0.4, -0.2) is 9.97 Å². The summed E-state index contributed by atoms with van der Waals surface area (Å²) in [5.74, 6) is 0.663. The summed E-state index contributed by atoms with van der Waals surface area (Å²) < 4.78 is 0. The first-order valence-electron chi connectivity index (χ1n) is 24.2.